The minimum absolute atomic E-state index is 0.0440. The third-order valence-electron chi connectivity index (χ3n) is 1.64. The quantitative estimate of drug-likeness (QED) is 0.402. The lowest BCUT2D eigenvalue weighted by molar-refractivity contribution is 0.189. The van der Waals surface area contributed by atoms with E-state index in [1.807, 2.05) is 0 Å². The van der Waals surface area contributed by atoms with Gasteiger partial charge in [-0.2, -0.15) is 0 Å². The van der Waals surface area contributed by atoms with Gasteiger partial charge < -0.3 is 21.1 Å². The predicted molar refractivity (Wildman–Crippen MR) is 40.4 cm³/mol. The minimum Gasteiger partial charge on any atom is -0.465 e. The Balaban J connectivity index is 2.25. The minimum atomic E-state index is -0.946. The van der Waals surface area contributed by atoms with E-state index < -0.39 is 6.09 Å². The van der Waals surface area contributed by atoms with E-state index in [1.54, 1.807) is 0 Å². The molecule has 1 fully saturated rings. The molecule has 0 bridgehead atoms. The molecule has 1 rings (SSSR count). The maximum Gasteiger partial charge on any atom is 0.404 e. The van der Waals surface area contributed by atoms with E-state index in [-0.39, 0.29) is 6.04 Å². The molecule has 0 radical (unpaired) electrons. The molecule has 1 aliphatic rings. The molecule has 1 heterocycles. The van der Waals surface area contributed by atoms with Crippen LogP contribution in [0.4, 0.5) is 4.79 Å². The van der Waals surface area contributed by atoms with Crippen LogP contribution in [0.25, 0.3) is 0 Å². The van der Waals surface area contributed by atoms with E-state index in [9.17, 15) is 4.79 Å². The highest BCUT2D eigenvalue weighted by atomic mass is 16.4. The normalized spacial score (nSPS) is 25.6. The van der Waals surface area contributed by atoms with Crippen LogP contribution >= 0.6 is 0 Å². The average Bonchev–Trinajstić information content (AvgIpc) is 2.14. The second-order valence-corrected chi connectivity index (χ2v) is 2.57. The topological polar surface area (TPSA) is 73.4 Å². The monoisotopic (exact) mass is 159 g/mol. The van der Waals surface area contributed by atoms with Gasteiger partial charge in [-0.05, 0) is 13.0 Å². The summed E-state index contributed by atoms with van der Waals surface area (Å²) in [6, 6.07) is 0.0440. The lowest BCUT2D eigenvalue weighted by Crippen LogP contribution is -2.40. The molecule has 0 spiro atoms. The van der Waals surface area contributed by atoms with Crippen LogP contribution in [0, 0.1) is 0 Å². The Labute approximate surface area is 65.2 Å². The van der Waals surface area contributed by atoms with Crippen molar-refractivity contribution < 1.29 is 9.90 Å². The zero-order valence-corrected chi connectivity index (χ0v) is 6.26. The largest absolute Gasteiger partial charge is 0.465 e. The van der Waals surface area contributed by atoms with Gasteiger partial charge in [0.15, 0.2) is 0 Å². The Hall–Kier alpha value is -0.810. The maximum absolute atomic E-state index is 10.2. The SMILES string of the molecule is O=C(O)NC1CCNCNC1. The third kappa shape index (κ3) is 3.20. The summed E-state index contributed by atoms with van der Waals surface area (Å²) in [6.07, 6.45) is -0.0991. The first kappa shape index (κ1) is 8.29. The van der Waals surface area contributed by atoms with Gasteiger partial charge >= 0.3 is 6.09 Å². The molecular formula is C6H13N3O2. The van der Waals surface area contributed by atoms with Crippen LogP contribution in [0.5, 0.6) is 0 Å². The zero-order valence-electron chi connectivity index (χ0n) is 6.26. The fraction of sp³-hybridized carbons (Fsp3) is 0.833. The van der Waals surface area contributed by atoms with Gasteiger partial charge in [-0.15, -0.1) is 0 Å². The van der Waals surface area contributed by atoms with E-state index in [0.29, 0.717) is 6.54 Å². The molecule has 0 aromatic carbocycles. The Morgan fingerprint density at radius 1 is 1.55 bits per heavy atom. The molecule has 0 aromatic heterocycles. The summed E-state index contributed by atoms with van der Waals surface area (Å²) in [5.41, 5.74) is 0. The summed E-state index contributed by atoms with van der Waals surface area (Å²) in [5.74, 6) is 0. The molecule has 5 nitrogen and oxygen atoms in total. The van der Waals surface area contributed by atoms with Crippen LogP contribution < -0.4 is 16.0 Å². The average molecular weight is 159 g/mol. The first-order chi connectivity index (χ1) is 5.29. The van der Waals surface area contributed by atoms with Crippen molar-refractivity contribution in [1.82, 2.24) is 16.0 Å². The van der Waals surface area contributed by atoms with Gasteiger partial charge in [-0.25, -0.2) is 4.79 Å². The highest BCUT2D eigenvalue weighted by molar-refractivity contribution is 5.64. The lowest BCUT2D eigenvalue weighted by Gasteiger charge is -2.12. The lowest BCUT2D eigenvalue weighted by atomic mass is 10.2. The van der Waals surface area contributed by atoms with Gasteiger partial charge in [0.05, 0.1) is 0 Å². The number of nitrogens with one attached hydrogen (secondary N) is 3. The van der Waals surface area contributed by atoms with Crippen LogP contribution in [0.3, 0.4) is 0 Å². The number of carbonyl (C=O) groups is 1. The Morgan fingerprint density at radius 3 is 3.09 bits per heavy atom. The van der Waals surface area contributed by atoms with Crippen molar-refractivity contribution in [1.29, 1.82) is 0 Å². The smallest absolute Gasteiger partial charge is 0.404 e. The summed E-state index contributed by atoms with van der Waals surface area (Å²) < 4.78 is 0. The van der Waals surface area contributed by atoms with Crippen molar-refractivity contribution in [2.24, 2.45) is 0 Å². The van der Waals surface area contributed by atoms with Gasteiger partial charge in [-0.1, -0.05) is 0 Å². The number of rotatable bonds is 1. The van der Waals surface area contributed by atoms with Crippen LogP contribution in [-0.4, -0.2) is 37.0 Å². The molecule has 11 heavy (non-hydrogen) atoms. The predicted octanol–water partition coefficient (Wildman–Crippen LogP) is -0.837. The van der Waals surface area contributed by atoms with Crippen molar-refractivity contribution in [3.8, 4) is 0 Å². The number of carboxylic acid groups (broad SMARTS) is 1. The number of hydrogen-bond donors (Lipinski definition) is 4. The molecule has 0 aliphatic carbocycles. The molecule has 1 atom stereocenters. The van der Waals surface area contributed by atoms with Crippen LogP contribution in [-0.2, 0) is 0 Å². The van der Waals surface area contributed by atoms with Gasteiger partial charge in [0.25, 0.3) is 0 Å². The molecule has 5 heteroatoms. The second kappa shape index (κ2) is 4.15. The zero-order chi connectivity index (χ0) is 8.10. The Morgan fingerprint density at radius 2 is 2.36 bits per heavy atom. The summed E-state index contributed by atoms with van der Waals surface area (Å²) in [5, 5.41) is 17.0. The molecule has 1 amide bonds. The third-order valence-corrected chi connectivity index (χ3v) is 1.64. The van der Waals surface area contributed by atoms with Gasteiger partial charge in [-0.3, -0.25) is 0 Å². The van der Waals surface area contributed by atoms with Crippen LogP contribution in [0.2, 0.25) is 0 Å². The fourth-order valence-corrected chi connectivity index (χ4v) is 1.10. The van der Waals surface area contributed by atoms with Crippen molar-refractivity contribution in [2.45, 2.75) is 12.5 Å². The van der Waals surface area contributed by atoms with Gasteiger partial charge in [0.1, 0.15) is 0 Å². The van der Waals surface area contributed by atoms with E-state index in [4.69, 9.17) is 5.11 Å². The van der Waals surface area contributed by atoms with E-state index in [2.05, 4.69) is 16.0 Å². The highest BCUT2D eigenvalue weighted by Crippen LogP contribution is 1.91. The highest BCUT2D eigenvalue weighted by Gasteiger charge is 2.12. The molecule has 1 aliphatic heterocycles. The van der Waals surface area contributed by atoms with Crippen molar-refractivity contribution in [3.63, 3.8) is 0 Å². The van der Waals surface area contributed by atoms with E-state index >= 15 is 0 Å². The van der Waals surface area contributed by atoms with Crippen molar-refractivity contribution in [3.05, 3.63) is 0 Å². The van der Waals surface area contributed by atoms with Crippen LogP contribution in [0.1, 0.15) is 6.42 Å². The summed E-state index contributed by atoms with van der Waals surface area (Å²) in [6.45, 7) is 2.33. The Bertz CT molecular complexity index is 132. The molecular weight excluding hydrogens is 146 g/mol. The molecule has 4 N–H and O–H groups in total. The number of hydrogen-bond acceptors (Lipinski definition) is 3. The van der Waals surface area contributed by atoms with Gasteiger partial charge in [0.2, 0.25) is 0 Å². The number of amides is 1. The Kier molecular flexibility index (Phi) is 3.13. The maximum atomic E-state index is 10.2. The summed E-state index contributed by atoms with van der Waals surface area (Å²) in [4.78, 5) is 10.2. The molecule has 64 valence electrons. The molecule has 1 unspecified atom stereocenters. The first-order valence-corrected chi connectivity index (χ1v) is 3.70. The van der Waals surface area contributed by atoms with Crippen molar-refractivity contribution >= 4 is 6.09 Å². The fourth-order valence-electron chi connectivity index (χ4n) is 1.10. The van der Waals surface area contributed by atoms with E-state index in [0.717, 1.165) is 19.6 Å². The standard InChI is InChI=1S/C6H13N3O2/c10-6(11)9-5-1-2-7-4-8-3-5/h5,7-9H,1-4H2,(H,10,11). The molecule has 0 aromatic rings. The van der Waals surface area contributed by atoms with E-state index in [1.165, 1.54) is 0 Å². The molecule has 1 saturated heterocycles. The first-order valence-electron chi connectivity index (χ1n) is 3.70. The summed E-state index contributed by atoms with van der Waals surface area (Å²) in [7, 11) is 0. The van der Waals surface area contributed by atoms with Crippen LogP contribution in [0.15, 0.2) is 0 Å². The second-order valence-electron chi connectivity index (χ2n) is 2.57. The molecule has 0 saturated carbocycles. The van der Waals surface area contributed by atoms with Crippen molar-refractivity contribution in [2.75, 3.05) is 19.8 Å². The van der Waals surface area contributed by atoms with Gasteiger partial charge in [0, 0.05) is 19.3 Å². The summed E-state index contributed by atoms with van der Waals surface area (Å²) >= 11 is 0.